The summed E-state index contributed by atoms with van der Waals surface area (Å²) in [5.74, 6) is -1.47. The molecule has 21 heavy (non-hydrogen) atoms. The van der Waals surface area contributed by atoms with Gasteiger partial charge in [0.15, 0.2) is 6.10 Å². The maximum Gasteiger partial charge on any atom is 0.425 e. The first kappa shape index (κ1) is 19.5. The van der Waals surface area contributed by atoms with Crippen molar-refractivity contribution in [1.82, 2.24) is 0 Å². The van der Waals surface area contributed by atoms with Gasteiger partial charge in [0, 0.05) is 12.8 Å². The summed E-state index contributed by atoms with van der Waals surface area (Å²) in [6, 6.07) is 0. The molecular formula is C14H21F3O4. The van der Waals surface area contributed by atoms with E-state index in [1.165, 1.54) is 0 Å². The average Bonchev–Trinajstić information content (AvgIpc) is 2.37. The second-order valence-corrected chi connectivity index (χ2v) is 4.47. The van der Waals surface area contributed by atoms with E-state index >= 15 is 0 Å². The first-order valence-electron chi connectivity index (χ1n) is 6.84. The van der Waals surface area contributed by atoms with E-state index in [2.05, 4.69) is 4.74 Å². The van der Waals surface area contributed by atoms with Crippen LogP contribution in [0.5, 0.6) is 0 Å². The van der Waals surface area contributed by atoms with Crippen LogP contribution < -0.4 is 0 Å². The second kappa shape index (κ2) is 10.2. The Bertz CT molecular complexity index is 351. The van der Waals surface area contributed by atoms with Crippen LogP contribution in [0.25, 0.3) is 0 Å². The zero-order valence-electron chi connectivity index (χ0n) is 12.2. The van der Waals surface area contributed by atoms with Gasteiger partial charge in [0.25, 0.3) is 0 Å². The van der Waals surface area contributed by atoms with Crippen molar-refractivity contribution in [3.05, 3.63) is 12.2 Å². The van der Waals surface area contributed by atoms with Gasteiger partial charge in [-0.25, -0.2) is 0 Å². The number of allylic oxidation sites excluding steroid dienone is 1. The molecule has 7 heteroatoms. The first-order chi connectivity index (χ1) is 9.77. The molecule has 1 atom stereocenters. The minimum atomic E-state index is -4.57. The van der Waals surface area contributed by atoms with Gasteiger partial charge in [0.1, 0.15) is 6.61 Å². The van der Waals surface area contributed by atoms with E-state index in [1.54, 1.807) is 6.08 Å². The van der Waals surface area contributed by atoms with Crippen molar-refractivity contribution < 1.29 is 32.2 Å². The van der Waals surface area contributed by atoms with Crippen molar-refractivity contribution in [2.75, 3.05) is 6.61 Å². The van der Waals surface area contributed by atoms with Crippen LogP contribution in [0.1, 0.15) is 46.0 Å². The third-order valence-electron chi connectivity index (χ3n) is 2.49. The van der Waals surface area contributed by atoms with Crippen LogP contribution in [0.4, 0.5) is 13.2 Å². The van der Waals surface area contributed by atoms with Gasteiger partial charge in [-0.15, -0.1) is 0 Å². The Morgan fingerprint density at radius 1 is 1.14 bits per heavy atom. The Hall–Kier alpha value is -1.53. The van der Waals surface area contributed by atoms with Gasteiger partial charge in [0.05, 0.1) is 0 Å². The number of halogens is 3. The van der Waals surface area contributed by atoms with Crippen molar-refractivity contribution >= 4 is 11.9 Å². The molecule has 0 aliphatic heterocycles. The summed E-state index contributed by atoms with van der Waals surface area (Å²) in [6.07, 6.45) is -1.37. The van der Waals surface area contributed by atoms with Crippen molar-refractivity contribution in [2.45, 2.75) is 58.2 Å². The van der Waals surface area contributed by atoms with Gasteiger partial charge in [0.2, 0.25) is 0 Å². The lowest BCUT2D eigenvalue weighted by Gasteiger charge is -2.16. The van der Waals surface area contributed by atoms with Crippen molar-refractivity contribution in [3.8, 4) is 0 Å². The smallest absolute Gasteiger partial charge is 0.425 e. The first-order valence-corrected chi connectivity index (χ1v) is 6.84. The number of hydrogen-bond donors (Lipinski definition) is 0. The Kier molecular flexibility index (Phi) is 9.49. The highest BCUT2D eigenvalue weighted by Gasteiger charge is 2.38. The van der Waals surface area contributed by atoms with E-state index in [9.17, 15) is 22.8 Å². The highest BCUT2D eigenvalue weighted by atomic mass is 19.4. The fourth-order valence-electron chi connectivity index (χ4n) is 1.27. The summed E-state index contributed by atoms with van der Waals surface area (Å²) in [5, 5.41) is 0. The average molecular weight is 310 g/mol. The number of hydrogen-bond acceptors (Lipinski definition) is 4. The van der Waals surface area contributed by atoms with Crippen LogP contribution in [-0.4, -0.2) is 30.8 Å². The fraction of sp³-hybridized carbons (Fsp3) is 0.714. The molecule has 0 N–H and O–H groups in total. The molecule has 0 heterocycles. The normalized spacial score (nSPS) is 13.2. The number of alkyl halides is 3. The lowest BCUT2D eigenvalue weighted by atomic mass is 10.2. The van der Waals surface area contributed by atoms with Crippen molar-refractivity contribution in [3.63, 3.8) is 0 Å². The highest BCUT2D eigenvalue weighted by molar-refractivity contribution is 5.72. The number of ether oxygens (including phenoxy) is 2. The van der Waals surface area contributed by atoms with Crippen LogP contribution in [0.2, 0.25) is 0 Å². The summed E-state index contributed by atoms with van der Waals surface area (Å²) < 4.78 is 45.4. The summed E-state index contributed by atoms with van der Waals surface area (Å²) in [7, 11) is 0. The third-order valence-corrected chi connectivity index (χ3v) is 2.49. The maximum atomic E-state index is 12.1. The standard InChI is InChI=1S/C14H21F3O4/c1-3-4-5-6-10-20-12(18)8-7-9-13(19)21-11(2)14(15,16)17/h5-6,11H,3-4,7-10H2,1-2H3/b6-5+. The molecule has 0 aliphatic carbocycles. The van der Waals surface area contributed by atoms with Gasteiger partial charge in [-0.1, -0.05) is 25.5 Å². The van der Waals surface area contributed by atoms with E-state index < -0.39 is 24.2 Å². The summed E-state index contributed by atoms with van der Waals surface area (Å²) in [4.78, 5) is 22.4. The number of esters is 2. The monoisotopic (exact) mass is 310 g/mol. The molecule has 0 saturated carbocycles. The van der Waals surface area contributed by atoms with Crippen molar-refractivity contribution in [1.29, 1.82) is 0 Å². The Morgan fingerprint density at radius 3 is 2.33 bits per heavy atom. The summed E-state index contributed by atoms with van der Waals surface area (Å²) in [5.41, 5.74) is 0. The maximum absolute atomic E-state index is 12.1. The molecule has 4 nitrogen and oxygen atoms in total. The minimum Gasteiger partial charge on any atom is -0.461 e. The van der Waals surface area contributed by atoms with Crippen LogP contribution >= 0.6 is 0 Å². The van der Waals surface area contributed by atoms with Crippen LogP contribution in [0.15, 0.2) is 12.2 Å². The molecule has 1 unspecified atom stereocenters. The molecule has 0 bridgehead atoms. The van der Waals surface area contributed by atoms with Gasteiger partial charge in [-0.3, -0.25) is 9.59 Å². The predicted octanol–water partition coefficient (Wildman–Crippen LogP) is 3.55. The zero-order chi connectivity index (χ0) is 16.3. The minimum absolute atomic E-state index is 0.0306. The van der Waals surface area contributed by atoms with Gasteiger partial charge in [-0.05, 0) is 19.8 Å². The lowest BCUT2D eigenvalue weighted by molar-refractivity contribution is -0.216. The lowest BCUT2D eigenvalue weighted by Crippen LogP contribution is -2.30. The topological polar surface area (TPSA) is 52.6 Å². The van der Waals surface area contributed by atoms with E-state index in [-0.39, 0.29) is 25.9 Å². The Labute approximate surface area is 122 Å². The molecule has 0 aromatic carbocycles. The van der Waals surface area contributed by atoms with E-state index in [0.29, 0.717) is 0 Å². The van der Waals surface area contributed by atoms with E-state index in [4.69, 9.17) is 4.74 Å². The quantitative estimate of drug-likeness (QED) is 0.483. The number of carbonyl (C=O) groups excluding carboxylic acids is 2. The Balaban J connectivity index is 3.74. The van der Waals surface area contributed by atoms with Crippen LogP contribution in [0, 0.1) is 0 Å². The molecule has 0 aromatic rings. The van der Waals surface area contributed by atoms with E-state index in [1.807, 2.05) is 13.0 Å². The second-order valence-electron chi connectivity index (χ2n) is 4.47. The summed E-state index contributed by atoms with van der Waals surface area (Å²) in [6.45, 7) is 2.94. The van der Waals surface area contributed by atoms with Crippen LogP contribution in [-0.2, 0) is 19.1 Å². The largest absolute Gasteiger partial charge is 0.461 e. The molecule has 0 spiro atoms. The highest BCUT2D eigenvalue weighted by Crippen LogP contribution is 2.22. The molecular weight excluding hydrogens is 289 g/mol. The number of unbranched alkanes of at least 4 members (excludes halogenated alkanes) is 1. The molecule has 0 saturated heterocycles. The number of rotatable bonds is 9. The fourth-order valence-corrected chi connectivity index (χ4v) is 1.27. The van der Waals surface area contributed by atoms with Crippen molar-refractivity contribution in [2.24, 2.45) is 0 Å². The Morgan fingerprint density at radius 2 is 1.76 bits per heavy atom. The molecule has 0 amide bonds. The number of carbonyl (C=O) groups is 2. The SMILES string of the molecule is CCC/C=C/COC(=O)CCCC(=O)OC(C)C(F)(F)F. The molecule has 122 valence electrons. The molecule has 0 aromatic heterocycles. The van der Waals surface area contributed by atoms with E-state index in [0.717, 1.165) is 19.8 Å². The third kappa shape index (κ3) is 10.9. The molecule has 0 aliphatic rings. The van der Waals surface area contributed by atoms with Gasteiger partial charge in [-0.2, -0.15) is 13.2 Å². The molecule has 0 fully saturated rings. The van der Waals surface area contributed by atoms with Gasteiger partial charge < -0.3 is 9.47 Å². The molecule has 0 rings (SSSR count). The molecule has 0 radical (unpaired) electrons. The predicted molar refractivity (Wildman–Crippen MR) is 70.5 cm³/mol. The van der Waals surface area contributed by atoms with Crippen LogP contribution in [0.3, 0.4) is 0 Å². The summed E-state index contributed by atoms with van der Waals surface area (Å²) >= 11 is 0. The van der Waals surface area contributed by atoms with Gasteiger partial charge >= 0.3 is 18.1 Å². The zero-order valence-corrected chi connectivity index (χ0v) is 12.2.